The molecule has 2 aromatic rings. The molecule has 3 rings (SSSR count). The number of carbonyl (C=O) groups excluding carboxylic acids is 1. The molecule has 0 bridgehead atoms. The summed E-state index contributed by atoms with van der Waals surface area (Å²) in [5, 5.41) is 0. The first-order valence-electron chi connectivity index (χ1n) is 9.00. The Balaban J connectivity index is 1.70. The van der Waals surface area contributed by atoms with E-state index in [0.717, 1.165) is 25.3 Å². The molecule has 0 saturated carbocycles. The third kappa shape index (κ3) is 4.14. The minimum absolute atomic E-state index is 0.0113. The molecule has 1 atom stereocenters. The number of hydrogen-bond acceptors (Lipinski definition) is 4. The van der Waals surface area contributed by atoms with Crippen LogP contribution in [0.15, 0.2) is 30.6 Å². The van der Waals surface area contributed by atoms with E-state index in [9.17, 15) is 4.79 Å². The standard InChI is InChI=1S/C20H28N4O2/c1-15-7-5-6-8-16(15)9-24-10-17(12-26-13-19(25)22(2)3)20-18(11-24)21-14-23(20)4/h5-8,14,17H,9-13H2,1-4H3. The molecule has 1 unspecified atom stereocenters. The molecule has 0 N–H and O–H groups in total. The summed E-state index contributed by atoms with van der Waals surface area (Å²) < 4.78 is 7.83. The lowest BCUT2D eigenvalue weighted by molar-refractivity contribution is -0.133. The maximum Gasteiger partial charge on any atom is 0.248 e. The van der Waals surface area contributed by atoms with Gasteiger partial charge in [-0.2, -0.15) is 0 Å². The lowest BCUT2D eigenvalue weighted by Gasteiger charge is -2.33. The number of aromatic nitrogens is 2. The van der Waals surface area contributed by atoms with Gasteiger partial charge in [0.15, 0.2) is 0 Å². The molecule has 6 heteroatoms. The molecule has 0 fully saturated rings. The summed E-state index contributed by atoms with van der Waals surface area (Å²) in [7, 11) is 5.52. The number of imidazole rings is 1. The number of likely N-dealkylation sites (N-methyl/N-ethyl adjacent to an activating group) is 1. The highest BCUT2D eigenvalue weighted by molar-refractivity contribution is 5.76. The van der Waals surface area contributed by atoms with Crippen LogP contribution in [0.5, 0.6) is 0 Å². The molecule has 26 heavy (non-hydrogen) atoms. The third-order valence-corrected chi connectivity index (χ3v) is 5.00. The zero-order valence-corrected chi connectivity index (χ0v) is 16.1. The highest BCUT2D eigenvalue weighted by Gasteiger charge is 2.29. The van der Waals surface area contributed by atoms with Crippen molar-refractivity contribution in [3.8, 4) is 0 Å². The van der Waals surface area contributed by atoms with E-state index in [1.807, 2.05) is 13.4 Å². The van der Waals surface area contributed by atoms with E-state index in [4.69, 9.17) is 4.74 Å². The number of hydrogen-bond donors (Lipinski definition) is 0. The van der Waals surface area contributed by atoms with E-state index in [0.29, 0.717) is 6.61 Å². The number of ether oxygens (including phenoxy) is 1. The zero-order chi connectivity index (χ0) is 18.7. The SMILES string of the molecule is Cc1ccccc1CN1Cc2ncn(C)c2C(COCC(=O)N(C)C)C1. The van der Waals surface area contributed by atoms with Crippen LogP contribution >= 0.6 is 0 Å². The van der Waals surface area contributed by atoms with E-state index in [1.165, 1.54) is 16.8 Å². The second-order valence-corrected chi connectivity index (χ2v) is 7.28. The van der Waals surface area contributed by atoms with E-state index >= 15 is 0 Å². The van der Waals surface area contributed by atoms with Crippen LogP contribution in [0, 0.1) is 6.92 Å². The van der Waals surface area contributed by atoms with Crippen molar-refractivity contribution in [2.75, 3.05) is 33.9 Å². The van der Waals surface area contributed by atoms with Crippen molar-refractivity contribution >= 4 is 5.91 Å². The molecule has 6 nitrogen and oxygen atoms in total. The van der Waals surface area contributed by atoms with Crippen molar-refractivity contribution in [2.45, 2.75) is 25.9 Å². The molecule has 1 amide bonds. The number of rotatable bonds is 6. The molecule has 1 aliphatic rings. The Morgan fingerprint density at radius 1 is 1.35 bits per heavy atom. The van der Waals surface area contributed by atoms with E-state index in [-0.39, 0.29) is 18.4 Å². The Labute approximate surface area is 155 Å². The Morgan fingerprint density at radius 2 is 2.12 bits per heavy atom. The molecule has 0 spiro atoms. The van der Waals surface area contributed by atoms with E-state index in [1.54, 1.807) is 19.0 Å². The fourth-order valence-corrected chi connectivity index (χ4v) is 3.51. The zero-order valence-electron chi connectivity index (χ0n) is 16.1. The van der Waals surface area contributed by atoms with Crippen LogP contribution in [-0.2, 0) is 29.7 Å². The smallest absolute Gasteiger partial charge is 0.248 e. The van der Waals surface area contributed by atoms with Gasteiger partial charge in [-0.3, -0.25) is 9.69 Å². The molecule has 0 saturated heterocycles. The fourth-order valence-electron chi connectivity index (χ4n) is 3.51. The summed E-state index contributed by atoms with van der Waals surface area (Å²) in [6, 6.07) is 8.50. The van der Waals surface area contributed by atoms with Crippen LogP contribution in [0.1, 0.15) is 28.4 Å². The summed E-state index contributed by atoms with van der Waals surface area (Å²) in [6.07, 6.45) is 1.87. The largest absolute Gasteiger partial charge is 0.371 e. The van der Waals surface area contributed by atoms with Crippen molar-refractivity contribution < 1.29 is 9.53 Å². The number of fused-ring (bicyclic) bond motifs is 1. The number of nitrogens with zero attached hydrogens (tertiary/aromatic N) is 4. The minimum atomic E-state index is -0.0113. The Hall–Kier alpha value is -2.18. The minimum Gasteiger partial charge on any atom is -0.371 e. The summed E-state index contributed by atoms with van der Waals surface area (Å²) in [6.45, 7) is 5.44. The van der Waals surface area contributed by atoms with Crippen molar-refractivity contribution in [3.05, 3.63) is 53.1 Å². The average Bonchev–Trinajstić information content (AvgIpc) is 2.98. The van der Waals surface area contributed by atoms with Gasteiger partial charge >= 0.3 is 0 Å². The summed E-state index contributed by atoms with van der Waals surface area (Å²) in [5.41, 5.74) is 4.99. The van der Waals surface area contributed by atoms with Crippen molar-refractivity contribution in [1.29, 1.82) is 0 Å². The molecule has 140 valence electrons. The second-order valence-electron chi connectivity index (χ2n) is 7.28. The third-order valence-electron chi connectivity index (χ3n) is 5.00. The summed E-state index contributed by atoms with van der Waals surface area (Å²) in [4.78, 5) is 20.3. The number of aryl methyl sites for hydroxylation is 2. The molecule has 1 aromatic heterocycles. The Bertz CT molecular complexity index is 769. The van der Waals surface area contributed by atoms with Gasteiger partial charge in [0.2, 0.25) is 5.91 Å². The number of amides is 1. The highest BCUT2D eigenvalue weighted by atomic mass is 16.5. The highest BCUT2D eigenvalue weighted by Crippen LogP contribution is 2.29. The first kappa shape index (κ1) is 18.6. The second kappa shape index (κ2) is 8.01. The van der Waals surface area contributed by atoms with Gasteiger partial charge in [0.05, 0.1) is 18.6 Å². The van der Waals surface area contributed by atoms with Crippen molar-refractivity contribution in [1.82, 2.24) is 19.4 Å². The van der Waals surface area contributed by atoms with Crippen LogP contribution in [0.4, 0.5) is 0 Å². The fraction of sp³-hybridized carbons (Fsp3) is 0.500. The van der Waals surface area contributed by atoms with Gasteiger partial charge in [0, 0.05) is 52.4 Å². The monoisotopic (exact) mass is 356 g/mol. The van der Waals surface area contributed by atoms with Gasteiger partial charge in [-0.15, -0.1) is 0 Å². The topological polar surface area (TPSA) is 50.6 Å². The summed E-state index contributed by atoms with van der Waals surface area (Å²) in [5.74, 6) is 0.202. The van der Waals surface area contributed by atoms with Gasteiger partial charge in [-0.1, -0.05) is 24.3 Å². The quantitative estimate of drug-likeness (QED) is 0.794. The number of carbonyl (C=O) groups is 1. The summed E-state index contributed by atoms with van der Waals surface area (Å²) >= 11 is 0. The molecular weight excluding hydrogens is 328 g/mol. The van der Waals surface area contributed by atoms with Crippen LogP contribution in [0.2, 0.25) is 0 Å². The van der Waals surface area contributed by atoms with Crippen molar-refractivity contribution in [2.24, 2.45) is 7.05 Å². The first-order valence-corrected chi connectivity index (χ1v) is 9.00. The molecular formula is C20H28N4O2. The first-order chi connectivity index (χ1) is 12.5. The van der Waals surface area contributed by atoms with Crippen molar-refractivity contribution in [3.63, 3.8) is 0 Å². The van der Waals surface area contributed by atoms with Gasteiger partial charge in [0.1, 0.15) is 6.61 Å². The van der Waals surface area contributed by atoms with Gasteiger partial charge in [0.25, 0.3) is 0 Å². The maximum atomic E-state index is 11.8. The predicted molar refractivity (Wildman–Crippen MR) is 101 cm³/mol. The average molecular weight is 356 g/mol. The molecule has 2 heterocycles. The van der Waals surface area contributed by atoms with E-state index in [2.05, 4.69) is 45.6 Å². The Kier molecular flexibility index (Phi) is 5.74. The molecule has 0 aliphatic carbocycles. The maximum absolute atomic E-state index is 11.8. The molecule has 0 radical (unpaired) electrons. The van der Waals surface area contributed by atoms with Crippen LogP contribution in [-0.4, -0.2) is 59.1 Å². The van der Waals surface area contributed by atoms with Crippen LogP contribution in [0.3, 0.4) is 0 Å². The molecule has 1 aromatic carbocycles. The van der Waals surface area contributed by atoms with Gasteiger partial charge in [-0.25, -0.2) is 4.98 Å². The van der Waals surface area contributed by atoms with Gasteiger partial charge < -0.3 is 14.2 Å². The van der Waals surface area contributed by atoms with Gasteiger partial charge in [-0.05, 0) is 18.1 Å². The number of benzene rings is 1. The van der Waals surface area contributed by atoms with Crippen LogP contribution < -0.4 is 0 Å². The Morgan fingerprint density at radius 3 is 2.85 bits per heavy atom. The lowest BCUT2D eigenvalue weighted by atomic mass is 9.98. The van der Waals surface area contributed by atoms with Crippen LogP contribution in [0.25, 0.3) is 0 Å². The normalized spacial score (nSPS) is 17.2. The van der Waals surface area contributed by atoms with E-state index < -0.39 is 0 Å². The molecule has 1 aliphatic heterocycles. The predicted octanol–water partition coefficient (Wildman–Crippen LogP) is 1.93. The lowest BCUT2D eigenvalue weighted by Crippen LogP contribution is -2.36.